The molecule has 1 atom stereocenters. The van der Waals surface area contributed by atoms with E-state index >= 15 is 0 Å². The van der Waals surface area contributed by atoms with Gasteiger partial charge in [0.2, 0.25) is 5.91 Å². The summed E-state index contributed by atoms with van der Waals surface area (Å²) < 4.78 is 13.3. The van der Waals surface area contributed by atoms with Crippen LogP contribution in [0.5, 0.6) is 0 Å². The summed E-state index contributed by atoms with van der Waals surface area (Å²) in [5, 5.41) is 5.99. The Morgan fingerprint density at radius 1 is 1.50 bits per heavy atom. The van der Waals surface area contributed by atoms with E-state index in [1.54, 1.807) is 23.5 Å². The Morgan fingerprint density at radius 3 is 3.12 bits per heavy atom. The van der Waals surface area contributed by atoms with Gasteiger partial charge in [0.15, 0.2) is 0 Å². The minimum atomic E-state index is -0.211. The van der Waals surface area contributed by atoms with E-state index in [0.29, 0.717) is 13.1 Å². The first-order valence-electron chi connectivity index (χ1n) is 8.25. The first-order chi connectivity index (χ1) is 11.6. The summed E-state index contributed by atoms with van der Waals surface area (Å²) in [6, 6.07) is 6.68. The highest BCUT2D eigenvalue weighted by atomic mass is 32.1. The maximum atomic E-state index is 13.3. The van der Waals surface area contributed by atoms with Gasteiger partial charge in [0.1, 0.15) is 5.82 Å². The molecule has 128 valence electrons. The van der Waals surface area contributed by atoms with Crippen LogP contribution in [-0.4, -0.2) is 28.9 Å². The third-order valence-electron chi connectivity index (χ3n) is 4.28. The lowest BCUT2D eigenvalue weighted by Gasteiger charge is -2.32. The van der Waals surface area contributed by atoms with Gasteiger partial charge in [-0.15, -0.1) is 11.3 Å². The van der Waals surface area contributed by atoms with Crippen LogP contribution in [0.15, 0.2) is 29.6 Å². The van der Waals surface area contributed by atoms with E-state index in [0.717, 1.165) is 42.2 Å². The second-order valence-corrected chi connectivity index (χ2v) is 7.34. The Bertz CT molecular complexity index is 703. The van der Waals surface area contributed by atoms with Crippen LogP contribution in [0.3, 0.4) is 0 Å². The van der Waals surface area contributed by atoms with Crippen LogP contribution in [0.25, 0.3) is 0 Å². The summed E-state index contributed by atoms with van der Waals surface area (Å²) in [6.07, 6.45) is 1.89. The smallest absolute Gasteiger partial charge is 0.224 e. The van der Waals surface area contributed by atoms with E-state index in [-0.39, 0.29) is 17.6 Å². The molecule has 24 heavy (non-hydrogen) atoms. The molecule has 0 unspecified atom stereocenters. The zero-order valence-corrected chi connectivity index (χ0v) is 14.6. The number of aryl methyl sites for hydroxylation is 1. The Balaban J connectivity index is 1.51. The largest absolute Gasteiger partial charge is 0.350 e. The zero-order chi connectivity index (χ0) is 16.9. The van der Waals surface area contributed by atoms with Crippen molar-refractivity contribution < 1.29 is 9.18 Å². The van der Waals surface area contributed by atoms with Crippen molar-refractivity contribution >= 4 is 17.2 Å². The van der Waals surface area contributed by atoms with Gasteiger partial charge in [-0.05, 0) is 44.0 Å². The predicted octanol–water partition coefficient (Wildman–Crippen LogP) is 3.12. The van der Waals surface area contributed by atoms with Crippen LogP contribution in [0, 0.1) is 18.7 Å². The number of carbonyl (C=O) groups is 1. The van der Waals surface area contributed by atoms with Crippen LogP contribution in [0.4, 0.5) is 4.39 Å². The van der Waals surface area contributed by atoms with Gasteiger partial charge in [-0.3, -0.25) is 9.69 Å². The van der Waals surface area contributed by atoms with Crippen molar-refractivity contribution in [2.24, 2.45) is 5.92 Å². The van der Waals surface area contributed by atoms with E-state index < -0.39 is 0 Å². The molecule has 1 N–H and O–H groups in total. The minimum Gasteiger partial charge on any atom is -0.350 e. The molecule has 4 nitrogen and oxygen atoms in total. The molecule has 1 aliphatic rings. The van der Waals surface area contributed by atoms with E-state index in [1.165, 1.54) is 6.07 Å². The molecule has 1 aromatic heterocycles. The summed E-state index contributed by atoms with van der Waals surface area (Å²) in [6.45, 7) is 4.81. The quantitative estimate of drug-likeness (QED) is 0.904. The first-order valence-corrected chi connectivity index (χ1v) is 9.13. The lowest BCUT2D eigenvalue weighted by atomic mass is 9.96. The number of likely N-dealkylation sites (tertiary alicyclic amines) is 1. The topological polar surface area (TPSA) is 45.2 Å². The molecule has 2 heterocycles. The van der Waals surface area contributed by atoms with Gasteiger partial charge < -0.3 is 5.32 Å². The number of nitrogens with zero attached hydrogens (tertiary/aromatic N) is 2. The SMILES string of the molecule is Cc1nc(CNC(=O)[C@@H]2CCCN(Cc3cccc(F)c3)C2)cs1. The van der Waals surface area contributed by atoms with E-state index in [9.17, 15) is 9.18 Å². The molecule has 1 aliphatic heterocycles. The second kappa shape index (κ2) is 7.85. The molecule has 0 radical (unpaired) electrons. The molecular weight excluding hydrogens is 325 g/mol. The molecule has 0 aliphatic carbocycles. The summed E-state index contributed by atoms with van der Waals surface area (Å²) >= 11 is 1.59. The average molecular weight is 347 g/mol. The molecule has 1 fully saturated rings. The molecule has 0 spiro atoms. The summed E-state index contributed by atoms with van der Waals surface area (Å²) in [5.74, 6) is -0.131. The highest BCUT2D eigenvalue weighted by molar-refractivity contribution is 7.09. The predicted molar refractivity (Wildman–Crippen MR) is 93.1 cm³/mol. The molecule has 2 aromatic rings. The second-order valence-electron chi connectivity index (χ2n) is 6.28. The maximum Gasteiger partial charge on any atom is 0.224 e. The lowest BCUT2D eigenvalue weighted by molar-refractivity contribution is -0.127. The van der Waals surface area contributed by atoms with Gasteiger partial charge in [0, 0.05) is 18.5 Å². The lowest BCUT2D eigenvalue weighted by Crippen LogP contribution is -2.42. The molecule has 1 saturated heterocycles. The van der Waals surface area contributed by atoms with Crippen molar-refractivity contribution in [1.82, 2.24) is 15.2 Å². The monoisotopic (exact) mass is 347 g/mol. The van der Waals surface area contributed by atoms with Gasteiger partial charge >= 0.3 is 0 Å². The van der Waals surface area contributed by atoms with Gasteiger partial charge in [-0.2, -0.15) is 0 Å². The number of nitrogens with one attached hydrogen (secondary N) is 1. The number of piperidine rings is 1. The van der Waals surface area contributed by atoms with Crippen LogP contribution in [0.2, 0.25) is 0 Å². The molecule has 1 amide bonds. The number of aromatic nitrogens is 1. The summed E-state index contributed by atoms with van der Waals surface area (Å²) in [5.41, 5.74) is 1.87. The van der Waals surface area contributed by atoms with Gasteiger partial charge in [-0.25, -0.2) is 9.37 Å². The Morgan fingerprint density at radius 2 is 2.38 bits per heavy atom. The van der Waals surface area contributed by atoms with E-state index in [2.05, 4.69) is 15.2 Å². The third kappa shape index (κ3) is 4.61. The van der Waals surface area contributed by atoms with Crippen molar-refractivity contribution in [3.05, 3.63) is 51.7 Å². The molecule has 6 heteroatoms. The zero-order valence-electron chi connectivity index (χ0n) is 13.8. The fourth-order valence-electron chi connectivity index (χ4n) is 3.12. The number of rotatable bonds is 5. The van der Waals surface area contributed by atoms with Crippen molar-refractivity contribution in [2.45, 2.75) is 32.9 Å². The van der Waals surface area contributed by atoms with Crippen molar-refractivity contribution in [3.8, 4) is 0 Å². The Kier molecular flexibility index (Phi) is 5.58. The van der Waals surface area contributed by atoms with Crippen LogP contribution < -0.4 is 5.32 Å². The number of benzene rings is 1. The molecule has 1 aromatic carbocycles. The fourth-order valence-corrected chi connectivity index (χ4v) is 3.73. The molecule has 0 saturated carbocycles. The van der Waals surface area contributed by atoms with Crippen LogP contribution >= 0.6 is 11.3 Å². The number of hydrogen-bond donors (Lipinski definition) is 1. The molecule has 0 bridgehead atoms. The van der Waals surface area contributed by atoms with Crippen molar-refractivity contribution in [3.63, 3.8) is 0 Å². The van der Waals surface area contributed by atoms with Crippen molar-refractivity contribution in [1.29, 1.82) is 0 Å². The molecule has 3 rings (SSSR count). The maximum absolute atomic E-state index is 13.3. The number of carbonyl (C=O) groups excluding carboxylic acids is 1. The summed E-state index contributed by atoms with van der Waals surface area (Å²) in [7, 11) is 0. The first kappa shape index (κ1) is 17.0. The Labute approximate surface area is 145 Å². The van der Waals surface area contributed by atoms with Gasteiger partial charge in [-0.1, -0.05) is 12.1 Å². The summed E-state index contributed by atoms with van der Waals surface area (Å²) in [4.78, 5) is 19.0. The highest BCUT2D eigenvalue weighted by Gasteiger charge is 2.25. The van der Waals surface area contributed by atoms with Crippen LogP contribution in [0.1, 0.15) is 29.1 Å². The number of amides is 1. The minimum absolute atomic E-state index is 0.00737. The van der Waals surface area contributed by atoms with Gasteiger partial charge in [0.05, 0.1) is 23.2 Å². The van der Waals surface area contributed by atoms with Crippen molar-refractivity contribution in [2.75, 3.05) is 13.1 Å². The highest BCUT2D eigenvalue weighted by Crippen LogP contribution is 2.19. The number of thiazole rings is 1. The van der Waals surface area contributed by atoms with Crippen LogP contribution in [-0.2, 0) is 17.9 Å². The van der Waals surface area contributed by atoms with E-state index in [4.69, 9.17) is 0 Å². The number of hydrogen-bond acceptors (Lipinski definition) is 4. The van der Waals surface area contributed by atoms with E-state index in [1.807, 2.05) is 18.4 Å². The Hall–Kier alpha value is -1.79. The number of halogens is 1. The third-order valence-corrected chi connectivity index (χ3v) is 5.10. The standard InChI is InChI=1S/C18H22FN3OS/c1-13-21-17(12-24-13)9-20-18(23)15-5-3-7-22(11-15)10-14-4-2-6-16(19)8-14/h2,4,6,8,12,15H,3,5,7,9-11H2,1H3,(H,20,23)/t15-/m1/s1. The normalized spacial score (nSPS) is 18.5. The fraction of sp³-hybridized carbons (Fsp3) is 0.444. The molecular formula is C18H22FN3OS. The average Bonchev–Trinajstić information content (AvgIpc) is 2.98. The van der Waals surface area contributed by atoms with Gasteiger partial charge in [0.25, 0.3) is 0 Å².